The molecule has 5 heteroatoms. The van der Waals surface area contributed by atoms with Gasteiger partial charge in [0.25, 0.3) is 0 Å². The Morgan fingerprint density at radius 1 is 1.06 bits per heavy atom. The van der Waals surface area contributed by atoms with Crippen molar-refractivity contribution in [3.05, 3.63) is 57.5 Å². The van der Waals surface area contributed by atoms with E-state index in [2.05, 4.69) is 0 Å². The van der Waals surface area contributed by atoms with Gasteiger partial charge in [-0.3, -0.25) is 0 Å². The molecule has 1 atom stereocenters. The zero-order valence-electron chi connectivity index (χ0n) is 8.08. The summed E-state index contributed by atoms with van der Waals surface area (Å²) in [5.41, 5.74) is 5.82. The van der Waals surface area contributed by atoms with Crippen molar-refractivity contribution in [2.24, 2.45) is 5.73 Å². The molecule has 0 saturated heterocycles. The van der Waals surface area contributed by atoms with Gasteiger partial charge in [-0.2, -0.15) is 11.3 Å². The van der Waals surface area contributed by atoms with Gasteiger partial charge in [-0.05, 0) is 34.5 Å². The van der Waals surface area contributed by atoms with Crippen molar-refractivity contribution in [2.75, 3.05) is 0 Å². The van der Waals surface area contributed by atoms with E-state index in [0.717, 1.165) is 12.1 Å². The van der Waals surface area contributed by atoms with Gasteiger partial charge in [0.2, 0.25) is 0 Å². The first-order valence-corrected chi connectivity index (χ1v) is 5.46. The number of hydrogen-bond donors (Lipinski definition) is 1. The Morgan fingerprint density at radius 3 is 2.38 bits per heavy atom. The van der Waals surface area contributed by atoms with Crippen molar-refractivity contribution in [3.63, 3.8) is 0 Å². The summed E-state index contributed by atoms with van der Waals surface area (Å²) in [5.74, 6) is -3.15. The minimum atomic E-state index is -1.22. The van der Waals surface area contributed by atoms with Gasteiger partial charge in [-0.25, -0.2) is 13.2 Å². The van der Waals surface area contributed by atoms with Gasteiger partial charge in [-0.15, -0.1) is 0 Å². The summed E-state index contributed by atoms with van der Waals surface area (Å²) in [6, 6.07) is 2.29. The van der Waals surface area contributed by atoms with Crippen molar-refractivity contribution in [1.82, 2.24) is 0 Å². The highest BCUT2D eigenvalue weighted by atomic mass is 32.1. The molecule has 0 aliphatic heterocycles. The number of nitrogens with two attached hydrogens (primary N) is 1. The molecule has 0 aliphatic carbocycles. The summed E-state index contributed by atoms with van der Waals surface area (Å²) in [7, 11) is 0. The first-order chi connectivity index (χ1) is 7.61. The lowest BCUT2D eigenvalue weighted by Gasteiger charge is -2.12. The third kappa shape index (κ3) is 1.83. The van der Waals surface area contributed by atoms with Gasteiger partial charge in [-0.1, -0.05) is 0 Å². The second kappa shape index (κ2) is 4.27. The van der Waals surface area contributed by atoms with E-state index in [1.165, 1.54) is 11.3 Å². The van der Waals surface area contributed by atoms with Crippen LogP contribution in [-0.2, 0) is 0 Å². The minimum Gasteiger partial charge on any atom is -0.320 e. The Kier molecular flexibility index (Phi) is 2.98. The van der Waals surface area contributed by atoms with Crippen LogP contribution >= 0.6 is 11.3 Å². The molecule has 16 heavy (non-hydrogen) atoms. The van der Waals surface area contributed by atoms with Crippen molar-refractivity contribution in [1.29, 1.82) is 0 Å². The molecule has 2 N–H and O–H groups in total. The quantitative estimate of drug-likeness (QED) is 0.805. The molecule has 0 bridgehead atoms. The largest absolute Gasteiger partial charge is 0.320 e. The normalized spacial score (nSPS) is 12.8. The Morgan fingerprint density at radius 2 is 1.75 bits per heavy atom. The van der Waals surface area contributed by atoms with E-state index < -0.39 is 29.1 Å². The lowest BCUT2D eigenvalue weighted by molar-refractivity contribution is 0.473. The lowest BCUT2D eigenvalue weighted by atomic mass is 10.0. The third-order valence-corrected chi connectivity index (χ3v) is 2.99. The monoisotopic (exact) mass is 243 g/mol. The molecular weight excluding hydrogens is 235 g/mol. The Bertz CT molecular complexity index is 496. The predicted octanol–water partition coefficient (Wildman–Crippen LogP) is 3.21. The first kappa shape index (κ1) is 11.2. The molecule has 0 saturated carbocycles. The molecular formula is C11H8F3NS. The smallest absolute Gasteiger partial charge is 0.166 e. The van der Waals surface area contributed by atoms with Crippen LogP contribution in [0.3, 0.4) is 0 Å². The predicted molar refractivity (Wildman–Crippen MR) is 56.7 cm³/mol. The van der Waals surface area contributed by atoms with E-state index in [9.17, 15) is 13.2 Å². The first-order valence-electron chi connectivity index (χ1n) is 4.52. The van der Waals surface area contributed by atoms with Crippen LogP contribution in [0.1, 0.15) is 17.2 Å². The van der Waals surface area contributed by atoms with E-state index in [-0.39, 0.29) is 0 Å². The highest BCUT2D eigenvalue weighted by molar-refractivity contribution is 7.08. The van der Waals surface area contributed by atoms with E-state index in [0.29, 0.717) is 5.56 Å². The molecule has 0 aliphatic rings. The molecule has 0 unspecified atom stereocenters. The summed E-state index contributed by atoms with van der Waals surface area (Å²) in [4.78, 5) is 0. The second-order valence-electron chi connectivity index (χ2n) is 3.29. The summed E-state index contributed by atoms with van der Waals surface area (Å²) in [6.07, 6.45) is 0. The minimum absolute atomic E-state index is 0.432. The lowest BCUT2D eigenvalue weighted by Crippen LogP contribution is -2.15. The highest BCUT2D eigenvalue weighted by Gasteiger charge is 2.21. The SMILES string of the molecule is N[C@H](c1ccsc1)c1c(F)ccc(F)c1F. The molecule has 1 nitrogen and oxygen atoms in total. The average Bonchev–Trinajstić information content (AvgIpc) is 2.77. The number of halogens is 3. The highest BCUT2D eigenvalue weighted by Crippen LogP contribution is 2.27. The van der Waals surface area contributed by atoms with Crippen LogP contribution in [0.5, 0.6) is 0 Å². The summed E-state index contributed by atoms with van der Waals surface area (Å²) in [5, 5.41) is 3.42. The van der Waals surface area contributed by atoms with Gasteiger partial charge in [0.05, 0.1) is 6.04 Å². The van der Waals surface area contributed by atoms with E-state index >= 15 is 0 Å². The molecule has 2 rings (SSSR count). The fourth-order valence-corrected chi connectivity index (χ4v) is 2.14. The molecule has 1 aromatic carbocycles. The van der Waals surface area contributed by atoms with E-state index in [1.807, 2.05) is 0 Å². The molecule has 0 fully saturated rings. The van der Waals surface area contributed by atoms with Crippen molar-refractivity contribution in [2.45, 2.75) is 6.04 Å². The number of hydrogen-bond acceptors (Lipinski definition) is 2. The Hall–Kier alpha value is -1.33. The van der Waals surface area contributed by atoms with Gasteiger partial charge in [0.1, 0.15) is 5.82 Å². The summed E-state index contributed by atoms with van der Waals surface area (Å²) >= 11 is 1.36. The van der Waals surface area contributed by atoms with Gasteiger partial charge in [0, 0.05) is 5.56 Å². The van der Waals surface area contributed by atoms with Crippen LogP contribution in [0.25, 0.3) is 0 Å². The fourth-order valence-electron chi connectivity index (χ4n) is 1.45. The number of thiophene rings is 1. The fraction of sp³-hybridized carbons (Fsp3) is 0.0909. The van der Waals surface area contributed by atoms with Crippen LogP contribution in [0, 0.1) is 17.5 Å². The molecule has 84 valence electrons. The average molecular weight is 243 g/mol. The maximum absolute atomic E-state index is 13.4. The van der Waals surface area contributed by atoms with Crippen molar-refractivity contribution < 1.29 is 13.2 Å². The van der Waals surface area contributed by atoms with Crippen LogP contribution in [0.15, 0.2) is 29.0 Å². The van der Waals surface area contributed by atoms with Crippen molar-refractivity contribution >= 4 is 11.3 Å². The standard InChI is InChI=1S/C11H8F3NS/c12-7-1-2-8(13)10(14)9(7)11(15)6-3-4-16-5-6/h1-5,11H,15H2/t11-/m1/s1. The molecule has 1 aromatic heterocycles. The van der Waals surface area contributed by atoms with Crippen LogP contribution in [0.4, 0.5) is 13.2 Å². The molecule has 2 aromatic rings. The molecule has 0 spiro atoms. The van der Waals surface area contributed by atoms with Crippen LogP contribution < -0.4 is 5.73 Å². The topological polar surface area (TPSA) is 26.0 Å². The van der Waals surface area contributed by atoms with Crippen LogP contribution in [0.2, 0.25) is 0 Å². The van der Waals surface area contributed by atoms with Gasteiger partial charge >= 0.3 is 0 Å². The van der Waals surface area contributed by atoms with Crippen molar-refractivity contribution in [3.8, 4) is 0 Å². The zero-order valence-corrected chi connectivity index (χ0v) is 8.90. The Labute approximate surface area is 94.3 Å². The van der Waals surface area contributed by atoms with E-state index in [4.69, 9.17) is 5.73 Å². The van der Waals surface area contributed by atoms with Crippen LogP contribution in [-0.4, -0.2) is 0 Å². The van der Waals surface area contributed by atoms with E-state index in [1.54, 1.807) is 16.8 Å². The molecule has 1 heterocycles. The second-order valence-corrected chi connectivity index (χ2v) is 4.07. The maximum atomic E-state index is 13.4. The number of rotatable bonds is 2. The molecule has 0 amide bonds. The Balaban J connectivity index is 2.52. The summed E-state index contributed by atoms with van der Waals surface area (Å²) < 4.78 is 39.8. The zero-order chi connectivity index (χ0) is 11.7. The summed E-state index contributed by atoms with van der Waals surface area (Å²) in [6.45, 7) is 0. The van der Waals surface area contributed by atoms with Gasteiger partial charge < -0.3 is 5.73 Å². The molecule has 0 radical (unpaired) electrons. The third-order valence-electron chi connectivity index (χ3n) is 2.29. The number of benzene rings is 1. The van der Waals surface area contributed by atoms with Gasteiger partial charge in [0.15, 0.2) is 11.6 Å². The maximum Gasteiger partial charge on any atom is 0.166 e.